The highest BCUT2D eigenvalue weighted by Crippen LogP contribution is 2.33. The fourth-order valence-electron chi connectivity index (χ4n) is 3.29. The molecule has 2 heterocycles. The first kappa shape index (κ1) is 18.6. The number of aryl methyl sites for hydroxylation is 1. The second-order valence-electron chi connectivity index (χ2n) is 6.84. The third kappa shape index (κ3) is 4.23. The average molecular weight is 390 g/mol. The molecule has 4 rings (SSSR count). The fourth-order valence-corrected chi connectivity index (χ4v) is 4.36. The summed E-state index contributed by atoms with van der Waals surface area (Å²) >= 11 is 0. The molecule has 0 unspecified atom stereocenters. The van der Waals surface area contributed by atoms with Crippen LogP contribution in [0.25, 0.3) is 0 Å². The maximum Gasteiger partial charge on any atom is 0.297 e. The van der Waals surface area contributed by atoms with Crippen LogP contribution >= 0.6 is 0 Å². The van der Waals surface area contributed by atoms with Crippen LogP contribution in [0.15, 0.2) is 59.5 Å². The Morgan fingerprint density at radius 2 is 1.67 bits per heavy atom. The van der Waals surface area contributed by atoms with Crippen molar-refractivity contribution in [3.63, 3.8) is 0 Å². The van der Waals surface area contributed by atoms with Crippen molar-refractivity contribution < 1.29 is 26.8 Å². The molecule has 0 amide bonds. The molecule has 0 N–H and O–H groups in total. The van der Waals surface area contributed by atoms with Crippen molar-refractivity contribution in [3.8, 4) is 0 Å². The normalized spacial score (nSPS) is 28.5. The highest BCUT2D eigenvalue weighted by atomic mass is 32.2. The summed E-state index contributed by atoms with van der Waals surface area (Å²) in [6.07, 6.45) is -1.14. The summed E-state index contributed by atoms with van der Waals surface area (Å²) in [7, 11) is -3.85. The number of fused-ring (bicyclic) bond motifs is 1. The monoisotopic (exact) mass is 390 g/mol. The zero-order valence-corrected chi connectivity index (χ0v) is 15.8. The Morgan fingerprint density at radius 1 is 0.926 bits per heavy atom. The quantitative estimate of drug-likeness (QED) is 0.748. The van der Waals surface area contributed by atoms with E-state index < -0.39 is 22.5 Å². The first-order valence-corrected chi connectivity index (χ1v) is 10.4. The molecule has 2 aromatic rings. The number of rotatable bonds is 4. The van der Waals surface area contributed by atoms with Gasteiger partial charge in [0, 0.05) is 12.0 Å². The van der Waals surface area contributed by atoms with Crippen molar-refractivity contribution >= 4 is 10.1 Å². The summed E-state index contributed by atoms with van der Waals surface area (Å²) in [5, 5.41) is 0. The topological polar surface area (TPSA) is 71.1 Å². The zero-order chi connectivity index (χ0) is 18.9. The van der Waals surface area contributed by atoms with Gasteiger partial charge in [0.05, 0.1) is 24.2 Å². The highest BCUT2D eigenvalue weighted by molar-refractivity contribution is 7.86. The predicted molar refractivity (Wildman–Crippen MR) is 97.6 cm³/mol. The molecule has 4 atom stereocenters. The lowest BCUT2D eigenvalue weighted by molar-refractivity contribution is -0.286. The average Bonchev–Trinajstić information content (AvgIpc) is 2.68. The van der Waals surface area contributed by atoms with Crippen molar-refractivity contribution in [2.75, 3.05) is 13.2 Å². The van der Waals surface area contributed by atoms with E-state index in [9.17, 15) is 8.42 Å². The molecule has 6 nitrogen and oxygen atoms in total. The predicted octanol–water partition coefficient (Wildman–Crippen LogP) is 2.97. The van der Waals surface area contributed by atoms with Crippen molar-refractivity contribution in [2.24, 2.45) is 0 Å². The summed E-state index contributed by atoms with van der Waals surface area (Å²) in [6.45, 7) is 2.49. The molecule has 0 spiro atoms. The minimum atomic E-state index is -3.85. The maximum atomic E-state index is 12.5. The Labute approximate surface area is 159 Å². The molecule has 0 saturated carbocycles. The Balaban J connectivity index is 1.42. The number of ether oxygens (including phenoxy) is 3. The van der Waals surface area contributed by atoms with Crippen molar-refractivity contribution in [3.05, 3.63) is 65.7 Å². The van der Waals surface area contributed by atoms with Crippen LogP contribution in [0.2, 0.25) is 0 Å². The van der Waals surface area contributed by atoms with Crippen molar-refractivity contribution in [1.82, 2.24) is 0 Å². The lowest BCUT2D eigenvalue weighted by atomic mass is 10.0. The molecule has 2 aromatic carbocycles. The van der Waals surface area contributed by atoms with Crippen LogP contribution in [-0.2, 0) is 28.5 Å². The van der Waals surface area contributed by atoms with Crippen LogP contribution in [0.1, 0.15) is 23.8 Å². The van der Waals surface area contributed by atoms with E-state index in [0.717, 1.165) is 11.1 Å². The number of hydrogen-bond acceptors (Lipinski definition) is 6. The molecule has 2 aliphatic heterocycles. The molecule has 7 heteroatoms. The molecule has 0 bridgehead atoms. The second-order valence-corrected chi connectivity index (χ2v) is 8.42. The minimum Gasteiger partial charge on any atom is -0.370 e. The van der Waals surface area contributed by atoms with Gasteiger partial charge in [0.15, 0.2) is 6.29 Å². The Bertz CT molecular complexity index is 865. The third-order valence-electron chi connectivity index (χ3n) is 4.76. The molecule has 2 saturated heterocycles. The number of benzene rings is 2. The van der Waals surface area contributed by atoms with Gasteiger partial charge in [-0.05, 0) is 19.1 Å². The Morgan fingerprint density at radius 3 is 2.41 bits per heavy atom. The van der Waals surface area contributed by atoms with E-state index in [4.69, 9.17) is 18.4 Å². The molecule has 0 aliphatic carbocycles. The van der Waals surface area contributed by atoms with Gasteiger partial charge in [-0.25, -0.2) is 0 Å². The van der Waals surface area contributed by atoms with E-state index in [1.165, 1.54) is 0 Å². The van der Waals surface area contributed by atoms with E-state index in [0.29, 0.717) is 13.0 Å². The van der Waals surface area contributed by atoms with Crippen LogP contribution in [0.5, 0.6) is 0 Å². The lowest BCUT2D eigenvalue weighted by Crippen LogP contribution is -2.50. The van der Waals surface area contributed by atoms with Crippen molar-refractivity contribution in [1.29, 1.82) is 0 Å². The van der Waals surface area contributed by atoms with Crippen LogP contribution in [0.4, 0.5) is 0 Å². The van der Waals surface area contributed by atoms with E-state index in [1.54, 1.807) is 24.3 Å². The van der Waals surface area contributed by atoms with Gasteiger partial charge < -0.3 is 14.2 Å². The molecule has 2 aliphatic rings. The largest absolute Gasteiger partial charge is 0.370 e. The molecule has 144 valence electrons. The Hall–Kier alpha value is -1.77. The van der Waals surface area contributed by atoms with Crippen LogP contribution in [-0.4, -0.2) is 39.9 Å². The maximum absolute atomic E-state index is 12.5. The first-order chi connectivity index (χ1) is 13.0. The highest BCUT2D eigenvalue weighted by Gasteiger charge is 2.40. The van der Waals surface area contributed by atoms with Gasteiger partial charge in [0.25, 0.3) is 10.1 Å². The lowest BCUT2D eigenvalue weighted by Gasteiger charge is -2.41. The first-order valence-electron chi connectivity index (χ1n) is 8.95. The summed E-state index contributed by atoms with van der Waals surface area (Å²) in [5.41, 5.74) is 1.91. The van der Waals surface area contributed by atoms with Crippen molar-refractivity contribution in [2.45, 2.75) is 42.8 Å². The summed E-state index contributed by atoms with van der Waals surface area (Å²) in [6, 6.07) is 16.2. The minimum absolute atomic E-state index is 0.144. The van der Waals surface area contributed by atoms with Crippen LogP contribution < -0.4 is 0 Å². The fraction of sp³-hybridized carbons (Fsp3) is 0.400. The van der Waals surface area contributed by atoms with Gasteiger partial charge in [-0.1, -0.05) is 48.0 Å². The summed E-state index contributed by atoms with van der Waals surface area (Å²) < 4.78 is 48.0. The van der Waals surface area contributed by atoms with Gasteiger partial charge in [0.1, 0.15) is 12.2 Å². The Kier molecular flexibility index (Phi) is 5.29. The summed E-state index contributed by atoms with van der Waals surface area (Å²) in [4.78, 5) is 0.144. The van der Waals surface area contributed by atoms with E-state index in [1.807, 2.05) is 37.3 Å². The molecule has 0 radical (unpaired) electrons. The van der Waals surface area contributed by atoms with Crippen LogP contribution in [0, 0.1) is 6.92 Å². The standard InChI is InChI=1S/C20H22O6S/c1-14-7-9-17(10-8-14)27(21,22)26-16-11-18-19(23-12-16)13-24-20(25-18)15-5-3-2-4-6-15/h2-10,16,18-20H,11-13H2,1H3/t16-,18+,19-,20-/m1/s1. The molecular weight excluding hydrogens is 368 g/mol. The smallest absolute Gasteiger partial charge is 0.297 e. The summed E-state index contributed by atoms with van der Waals surface area (Å²) in [5.74, 6) is 0. The SMILES string of the molecule is Cc1ccc(S(=O)(=O)O[C@H]2CO[C@@H]3CO[C@@H](c4ccccc4)O[C@H]3C2)cc1. The zero-order valence-electron chi connectivity index (χ0n) is 15.0. The number of hydrogen-bond donors (Lipinski definition) is 0. The van der Waals surface area contributed by atoms with E-state index >= 15 is 0 Å². The van der Waals surface area contributed by atoms with Gasteiger partial charge in [-0.2, -0.15) is 8.42 Å². The molecule has 0 aromatic heterocycles. The molecule has 27 heavy (non-hydrogen) atoms. The van der Waals surface area contributed by atoms with Crippen LogP contribution in [0.3, 0.4) is 0 Å². The molecule has 2 fully saturated rings. The van der Waals surface area contributed by atoms with Gasteiger partial charge >= 0.3 is 0 Å². The second kappa shape index (κ2) is 7.69. The third-order valence-corrected chi connectivity index (χ3v) is 6.14. The van der Waals surface area contributed by atoms with E-state index in [2.05, 4.69) is 0 Å². The van der Waals surface area contributed by atoms with Gasteiger partial charge in [-0.3, -0.25) is 4.18 Å². The molecular formula is C20H22O6S. The van der Waals surface area contributed by atoms with Gasteiger partial charge in [0.2, 0.25) is 0 Å². The van der Waals surface area contributed by atoms with Gasteiger partial charge in [-0.15, -0.1) is 0 Å². The van der Waals surface area contributed by atoms with E-state index in [-0.39, 0.29) is 23.7 Å².